The van der Waals surface area contributed by atoms with E-state index in [2.05, 4.69) is 56.7 Å². The molecule has 0 amide bonds. The molecule has 3 heterocycles. The van der Waals surface area contributed by atoms with Crippen LogP contribution in [0.15, 0.2) is 60.9 Å². The molecule has 0 radical (unpaired) electrons. The van der Waals surface area contributed by atoms with Crippen LogP contribution in [0.1, 0.15) is 0 Å². The molecule has 5 nitrogen and oxygen atoms in total. The predicted octanol–water partition coefficient (Wildman–Crippen LogP) is 4.11. The standard InChI is InChI=1S/C19H15N5/c1-24-11-14(10-20-24)12-6-7-17-15(8-12)19(23-22-17)18-9-13-4-2-3-5-16(13)21-18/h2-11,21H,1H3,(H,22,23). The van der Waals surface area contributed by atoms with Crippen molar-refractivity contribution in [1.29, 1.82) is 0 Å². The van der Waals surface area contributed by atoms with E-state index in [1.807, 2.05) is 36.3 Å². The van der Waals surface area contributed by atoms with E-state index in [0.717, 1.165) is 38.9 Å². The van der Waals surface area contributed by atoms with Crippen molar-refractivity contribution in [3.05, 3.63) is 60.9 Å². The Balaban J connectivity index is 1.70. The van der Waals surface area contributed by atoms with Gasteiger partial charge in [-0.05, 0) is 29.8 Å². The molecule has 5 rings (SSSR count). The second-order valence-electron chi connectivity index (χ2n) is 6.01. The molecular weight excluding hydrogens is 298 g/mol. The van der Waals surface area contributed by atoms with Crippen molar-refractivity contribution in [2.24, 2.45) is 7.05 Å². The highest BCUT2D eigenvalue weighted by Gasteiger charge is 2.12. The molecule has 0 saturated heterocycles. The van der Waals surface area contributed by atoms with Crippen LogP contribution in [0, 0.1) is 0 Å². The predicted molar refractivity (Wildman–Crippen MR) is 95.6 cm³/mol. The van der Waals surface area contributed by atoms with E-state index in [4.69, 9.17) is 0 Å². The first-order valence-corrected chi connectivity index (χ1v) is 7.83. The van der Waals surface area contributed by atoms with E-state index in [1.165, 1.54) is 5.39 Å². The fraction of sp³-hybridized carbons (Fsp3) is 0.0526. The number of benzene rings is 2. The average molecular weight is 313 g/mol. The highest BCUT2D eigenvalue weighted by atomic mass is 15.2. The first-order chi connectivity index (χ1) is 11.8. The minimum Gasteiger partial charge on any atom is -0.353 e. The zero-order valence-corrected chi connectivity index (χ0v) is 13.1. The summed E-state index contributed by atoms with van der Waals surface area (Å²) in [4.78, 5) is 3.45. The Morgan fingerprint density at radius 1 is 0.958 bits per heavy atom. The molecule has 0 spiro atoms. The zero-order valence-electron chi connectivity index (χ0n) is 13.1. The maximum atomic E-state index is 4.52. The van der Waals surface area contributed by atoms with E-state index in [1.54, 1.807) is 0 Å². The largest absolute Gasteiger partial charge is 0.353 e. The van der Waals surface area contributed by atoms with Gasteiger partial charge < -0.3 is 4.98 Å². The summed E-state index contributed by atoms with van der Waals surface area (Å²) in [6, 6.07) is 16.7. The quantitative estimate of drug-likeness (QED) is 0.515. The Kier molecular flexibility index (Phi) is 2.64. The number of rotatable bonds is 2. The minimum absolute atomic E-state index is 0.937. The van der Waals surface area contributed by atoms with Crippen molar-refractivity contribution in [2.45, 2.75) is 0 Å². The van der Waals surface area contributed by atoms with Crippen LogP contribution in [0.25, 0.3) is 44.3 Å². The van der Waals surface area contributed by atoms with Crippen LogP contribution >= 0.6 is 0 Å². The van der Waals surface area contributed by atoms with Gasteiger partial charge in [-0.1, -0.05) is 24.3 Å². The van der Waals surface area contributed by atoms with Gasteiger partial charge in [-0.2, -0.15) is 10.2 Å². The van der Waals surface area contributed by atoms with Crippen LogP contribution < -0.4 is 0 Å². The van der Waals surface area contributed by atoms with Gasteiger partial charge in [0.15, 0.2) is 0 Å². The third-order valence-electron chi connectivity index (χ3n) is 4.39. The van der Waals surface area contributed by atoms with Gasteiger partial charge in [0.25, 0.3) is 0 Å². The van der Waals surface area contributed by atoms with E-state index in [0.29, 0.717) is 0 Å². The van der Waals surface area contributed by atoms with Crippen LogP contribution in [0.3, 0.4) is 0 Å². The summed E-state index contributed by atoms with van der Waals surface area (Å²) in [6.45, 7) is 0. The van der Waals surface area contributed by atoms with Crippen molar-refractivity contribution in [3.63, 3.8) is 0 Å². The van der Waals surface area contributed by atoms with Gasteiger partial charge in [0, 0.05) is 35.1 Å². The summed E-state index contributed by atoms with van der Waals surface area (Å²) in [5.74, 6) is 0. The fourth-order valence-corrected chi connectivity index (χ4v) is 3.17. The maximum absolute atomic E-state index is 4.52. The Hall–Kier alpha value is -3.34. The van der Waals surface area contributed by atoms with Gasteiger partial charge in [0.2, 0.25) is 0 Å². The molecule has 0 unspecified atom stereocenters. The summed E-state index contributed by atoms with van der Waals surface area (Å²) >= 11 is 0. The van der Waals surface area contributed by atoms with Crippen molar-refractivity contribution in [2.75, 3.05) is 0 Å². The number of hydrogen-bond acceptors (Lipinski definition) is 2. The summed E-state index contributed by atoms with van der Waals surface area (Å²) in [5, 5.41) is 14.2. The number of para-hydroxylation sites is 1. The number of aryl methyl sites for hydroxylation is 1. The number of hydrogen-bond donors (Lipinski definition) is 2. The van der Waals surface area contributed by atoms with Gasteiger partial charge in [0.05, 0.1) is 17.4 Å². The maximum Gasteiger partial charge on any atom is 0.116 e. The Morgan fingerprint density at radius 3 is 2.71 bits per heavy atom. The third kappa shape index (κ3) is 1.95. The highest BCUT2D eigenvalue weighted by Crippen LogP contribution is 2.31. The molecule has 0 atom stereocenters. The van der Waals surface area contributed by atoms with Crippen molar-refractivity contribution >= 4 is 21.8 Å². The molecule has 0 aliphatic rings. The van der Waals surface area contributed by atoms with Gasteiger partial charge in [0.1, 0.15) is 5.69 Å². The van der Waals surface area contributed by atoms with E-state index >= 15 is 0 Å². The first-order valence-electron chi connectivity index (χ1n) is 7.83. The lowest BCUT2D eigenvalue weighted by Crippen LogP contribution is -1.84. The fourth-order valence-electron chi connectivity index (χ4n) is 3.17. The number of nitrogens with zero attached hydrogens (tertiary/aromatic N) is 3. The second-order valence-corrected chi connectivity index (χ2v) is 6.01. The van der Waals surface area contributed by atoms with E-state index < -0.39 is 0 Å². The first kappa shape index (κ1) is 13.1. The van der Waals surface area contributed by atoms with Crippen LogP contribution in [0.5, 0.6) is 0 Å². The second kappa shape index (κ2) is 4.83. The summed E-state index contributed by atoms with van der Waals surface area (Å²) in [5.41, 5.74) is 6.33. The van der Waals surface area contributed by atoms with Crippen molar-refractivity contribution in [3.8, 4) is 22.5 Å². The molecule has 2 aromatic carbocycles. The Morgan fingerprint density at radius 2 is 1.88 bits per heavy atom. The van der Waals surface area contributed by atoms with E-state index in [9.17, 15) is 0 Å². The molecule has 3 aromatic heterocycles. The van der Waals surface area contributed by atoms with Crippen molar-refractivity contribution < 1.29 is 0 Å². The smallest absolute Gasteiger partial charge is 0.116 e. The molecular formula is C19H15N5. The SMILES string of the molecule is Cn1cc(-c2ccc3[nH]nc(-c4cc5ccccc5[nH]4)c3c2)cn1. The average Bonchev–Trinajstić information content (AvgIpc) is 3.30. The van der Waals surface area contributed by atoms with Gasteiger partial charge in [-0.15, -0.1) is 0 Å². The molecule has 0 saturated carbocycles. The number of H-pyrrole nitrogens is 2. The lowest BCUT2D eigenvalue weighted by molar-refractivity contribution is 0.768. The number of nitrogens with one attached hydrogen (secondary N) is 2. The number of fused-ring (bicyclic) bond motifs is 2. The lowest BCUT2D eigenvalue weighted by Gasteiger charge is -1.99. The molecule has 5 aromatic rings. The highest BCUT2D eigenvalue weighted by molar-refractivity contribution is 5.97. The molecule has 24 heavy (non-hydrogen) atoms. The summed E-state index contributed by atoms with van der Waals surface area (Å²) in [6.07, 6.45) is 3.90. The van der Waals surface area contributed by atoms with Crippen LogP contribution in [-0.4, -0.2) is 25.0 Å². The normalized spacial score (nSPS) is 11.5. The van der Waals surface area contributed by atoms with Gasteiger partial charge in [-0.3, -0.25) is 9.78 Å². The molecule has 116 valence electrons. The Bertz CT molecular complexity index is 1140. The zero-order chi connectivity index (χ0) is 16.1. The molecule has 0 aliphatic carbocycles. The van der Waals surface area contributed by atoms with Gasteiger partial charge in [-0.25, -0.2) is 0 Å². The van der Waals surface area contributed by atoms with Gasteiger partial charge >= 0.3 is 0 Å². The van der Waals surface area contributed by atoms with Crippen LogP contribution in [-0.2, 0) is 7.05 Å². The minimum atomic E-state index is 0.937. The Labute approximate surface area is 137 Å². The van der Waals surface area contributed by atoms with E-state index in [-0.39, 0.29) is 0 Å². The van der Waals surface area contributed by atoms with Crippen LogP contribution in [0.4, 0.5) is 0 Å². The van der Waals surface area contributed by atoms with Crippen LogP contribution in [0.2, 0.25) is 0 Å². The summed E-state index contributed by atoms with van der Waals surface area (Å²) in [7, 11) is 1.93. The molecule has 2 N–H and O–H groups in total. The third-order valence-corrected chi connectivity index (χ3v) is 4.39. The topological polar surface area (TPSA) is 62.3 Å². The molecule has 0 fully saturated rings. The molecule has 0 bridgehead atoms. The molecule has 0 aliphatic heterocycles. The monoisotopic (exact) mass is 313 g/mol. The summed E-state index contributed by atoms with van der Waals surface area (Å²) < 4.78 is 1.81. The lowest BCUT2D eigenvalue weighted by atomic mass is 10.1. The number of aromatic amines is 2. The molecule has 5 heteroatoms. The van der Waals surface area contributed by atoms with Crippen molar-refractivity contribution in [1.82, 2.24) is 25.0 Å². The number of aromatic nitrogens is 5.